The first-order valence-electron chi connectivity index (χ1n) is 3.81. The van der Waals surface area contributed by atoms with Crippen LogP contribution in [-0.2, 0) is 4.74 Å². The molecule has 0 saturated heterocycles. The fourth-order valence-electron chi connectivity index (χ4n) is 0.909. The number of halogens is 1. The van der Waals surface area contributed by atoms with Gasteiger partial charge in [-0.1, -0.05) is 0 Å². The average molecular weight is 305 g/mol. The monoisotopic (exact) mass is 305 g/mol. The summed E-state index contributed by atoms with van der Waals surface area (Å²) in [5.41, 5.74) is 0.620. The molecule has 0 aliphatic carbocycles. The van der Waals surface area contributed by atoms with Crippen molar-refractivity contribution in [1.29, 1.82) is 0 Å². The molecule has 0 aromatic carbocycles. The van der Waals surface area contributed by atoms with Gasteiger partial charge in [-0.15, -0.1) is 0 Å². The first-order chi connectivity index (χ1) is 6.54. The number of Topliss-reactive ketones (excluding diaryl/α,β-unsaturated/α-hetero) is 1. The van der Waals surface area contributed by atoms with Crippen LogP contribution in [0.5, 0.6) is 0 Å². The molecule has 1 aromatic heterocycles. The van der Waals surface area contributed by atoms with E-state index >= 15 is 0 Å². The number of hydrogen-bond donors (Lipinski definition) is 0. The van der Waals surface area contributed by atoms with Crippen molar-refractivity contribution in [2.75, 3.05) is 7.11 Å². The molecule has 1 heterocycles. The summed E-state index contributed by atoms with van der Waals surface area (Å²) in [6.45, 7) is 1.44. The van der Waals surface area contributed by atoms with Gasteiger partial charge < -0.3 is 4.74 Å². The van der Waals surface area contributed by atoms with Gasteiger partial charge in [0.1, 0.15) is 9.39 Å². The van der Waals surface area contributed by atoms with Gasteiger partial charge in [-0.2, -0.15) is 0 Å². The minimum absolute atomic E-state index is 0.101. The summed E-state index contributed by atoms with van der Waals surface area (Å²) in [6.07, 6.45) is 0. The zero-order valence-corrected chi connectivity index (χ0v) is 9.86. The van der Waals surface area contributed by atoms with Crippen LogP contribution in [0.2, 0.25) is 0 Å². The van der Waals surface area contributed by atoms with Crippen LogP contribution in [0.3, 0.4) is 0 Å². The number of pyridine rings is 1. The smallest absolute Gasteiger partial charge is 0.356 e. The predicted molar refractivity (Wildman–Crippen MR) is 58.3 cm³/mol. The molecule has 0 spiro atoms. The number of ether oxygens (including phenoxy) is 1. The Kier molecular flexibility index (Phi) is 3.56. The maximum atomic E-state index is 11.1. The fourth-order valence-corrected chi connectivity index (χ4v) is 1.50. The van der Waals surface area contributed by atoms with Gasteiger partial charge in [-0.25, -0.2) is 9.78 Å². The normalized spacial score (nSPS) is 9.64. The van der Waals surface area contributed by atoms with Crippen molar-refractivity contribution < 1.29 is 14.3 Å². The van der Waals surface area contributed by atoms with Crippen molar-refractivity contribution in [2.24, 2.45) is 0 Å². The van der Waals surface area contributed by atoms with Crippen molar-refractivity contribution in [3.05, 3.63) is 27.1 Å². The Hall–Kier alpha value is -0.980. The highest BCUT2D eigenvalue weighted by atomic mass is 127. The van der Waals surface area contributed by atoms with Crippen molar-refractivity contribution in [1.82, 2.24) is 4.98 Å². The van der Waals surface area contributed by atoms with E-state index in [0.29, 0.717) is 9.26 Å². The molecule has 0 saturated carbocycles. The molecule has 74 valence electrons. The van der Waals surface area contributed by atoms with E-state index < -0.39 is 5.97 Å². The van der Waals surface area contributed by atoms with Crippen LogP contribution in [0.4, 0.5) is 0 Å². The Morgan fingerprint density at radius 2 is 2.07 bits per heavy atom. The molecule has 1 aromatic rings. The Morgan fingerprint density at radius 1 is 1.43 bits per heavy atom. The van der Waals surface area contributed by atoms with Crippen molar-refractivity contribution in [3.63, 3.8) is 0 Å². The van der Waals surface area contributed by atoms with Crippen molar-refractivity contribution >= 4 is 34.3 Å². The molecule has 1 rings (SSSR count). The Labute approximate surface area is 94.8 Å². The van der Waals surface area contributed by atoms with E-state index in [2.05, 4.69) is 9.72 Å². The van der Waals surface area contributed by atoms with Crippen molar-refractivity contribution in [3.8, 4) is 0 Å². The van der Waals surface area contributed by atoms with Gasteiger partial charge in [-0.3, -0.25) is 4.79 Å². The summed E-state index contributed by atoms with van der Waals surface area (Å²) in [7, 11) is 1.28. The summed E-state index contributed by atoms with van der Waals surface area (Å²) in [5, 5.41) is 0. The zero-order valence-electron chi connectivity index (χ0n) is 7.70. The molecule has 0 N–H and O–H groups in total. The third-order valence-electron chi connectivity index (χ3n) is 1.60. The van der Waals surface area contributed by atoms with Crippen LogP contribution in [-0.4, -0.2) is 23.8 Å². The Morgan fingerprint density at radius 3 is 2.57 bits per heavy atom. The first kappa shape index (κ1) is 11.1. The molecule has 0 bridgehead atoms. The van der Waals surface area contributed by atoms with Gasteiger partial charge in [0.25, 0.3) is 0 Å². The summed E-state index contributed by atoms with van der Waals surface area (Å²) in [6, 6.07) is 3.05. The van der Waals surface area contributed by atoms with Crippen LogP contribution in [0.25, 0.3) is 0 Å². The van der Waals surface area contributed by atoms with E-state index in [1.165, 1.54) is 20.1 Å². The highest BCUT2D eigenvalue weighted by Gasteiger charge is 2.11. The van der Waals surface area contributed by atoms with Crippen LogP contribution in [0.15, 0.2) is 12.1 Å². The van der Waals surface area contributed by atoms with E-state index in [1.54, 1.807) is 6.07 Å². The van der Waals surface area contributed by atoms with Gasteiger partial charge in [0.2, 0.25) is 0 Å². The lowest BCUT2D eigenvalue weighted by molar-refractivity contribution is 0.0594. The molecule has 0 amide bonds. The van der Waals surface area contributed by atoms with Gasteiger partial charge >= 0.3 is 5.97 Å². The Bertz CT molecular complexity index is 390. The summed E-state index contributed by atoms with van der Waals surface area (Å²) in [4.78, 5) is 26.2. The third kappa shape index (κ3) is 2.50. The minimum atomic E-state index is -0.536. The molecule has 0 radical (unpaired) electrons. The molecule has 4 nitrogen and oxygen atoms in total. The topological polar surface area (TPSA) is 56.3 Å². The summed E-state index contributed by atoms with van der Waals surface area (Å²) in [5.74, 6) is -0.638. The quantitative estimate of drug-likeness (QED) is 0.361. The summed E-state index contributed by atoms with van der Waals surface area (Å²) < 4.78 is 5.10. The van der Waals surface area contributed by atoms with Crippen LogP contribution < -0.4 is 0 Å². The van der Waals surface area contributed by atoms with Crippen LogP contribution in [0, 0.1) is 3.70 Å². The average Bonchev–Trinajstić information content (AvgIpc) is 2.15. The molecule has 0 aliphatic heterocycles. The number of hydrogen-bond acceptors (Lipinski definition) is 4. The number of carbonyl (C=O) groups is 2. The summed E-state index contributed by atoms with van der Waals surface area (Å²) >= 11 is 1.94. The van der Waals surface area contributed by atoms with Gasteiger partial charge in [-0.05, 0) is 41.6 Å². The van der Waals surface area contributed by atoms with E-state index in [9.17, 15) is 9.59 Å². The SMILES string of the molecule is COC(=O)c1cc(C(C)=O)cc(I)n1. The lowest BCUT2D eigenvalue weighted by Gasteiger charge is -2.01. The molecule has 0 aliphatic rings. The second kappa shape index (κ2) is 4.50. The number of ketones is 1. The number of aromatic nitrogens is 1. The zero-order chi connectivity index (χ0) is 10.7. The fraction of sp³-hybridized carbons (Fsp3) is 0.222. The minimum Gasteiger partial charge on any atom is -0.464 e. The molecule has 0 unspecified atom stereocenters. The predicted octanol–water partition coefficient (Wildman–Crippen LogP) is 1.68. The van der Waals surface area contributed by atoms with Gasteiger partial charge in [0.15, 0.2) is 5.78 Å². The first-order valence-corrected chi connectivity index (χ1v) is 4.89. The Balaban J connectivity index is 3.20. The number of carbonyl (C=O) groups excluding carboxylic acids is 2. The largest absolute Gasteiger partial charge is 0.464 e. The molecule has 5 heteroatoms. The second-order valence-corrected chi connectivity index (χ2v) is 3.72. The maximum absolute atomic E-state index is 11.1. The second-order valence-electron chi connectivity index (χ2n) is 2.61. The van der Waals surface area contributed by atoms with Gasteiger partial charge in [0.05, 0.1) is 7.11 Å². The molecular formula is C9H8INO3. The molecule has 0 atom stereocenters. The van der Waals surface area contributed by atoms with E-state index in [1.807, 2.05) is 22.6 Å². The number of methoxy groups -OCH3 is 1. The number of nitrogens with zero attached hydrogens (tertiary/aromatic N) is 1. The van der Waals surface area contributed by atoms with E-state index in [4.69, 9.17) is 0 Å². The van der Waals surface area contributed by atoms with E-state index in [-0.39, 0.29) is 11.5 Å². The lowest BCUT2D eigenvalue weighted by atomic mass is 10.2. The lowest BCUT2D eigenvalue weighted by Crippen LogP contribution is -2.07. The van der Waals surface area contributed by atoms with Crippen LogP contribution >= 0.6 is 22.6 Å². The standard InChI is InChI=1S/C9H8INO3/c1-5(12)6-3-7(9(13)14-2)11-8(10)4-6/h3-4H,1-2H3. The highest BCUT2D eigenvalue weighted by molar-refractivity contribution is 14.1. The molecule has 14 heavy (non-hydrogen) atoms. The third-order valence-corrected chi connectivity index (χ3v) is 2.15. The van der Waals surface area contributed by atoms with Crippen molar-refractivity contribution in [2.45, 2.75) is 6.92 Å². The van der Waals surface area contributed by atoms with Crippen LogP contribution in [0.1, 0.15) is 27.8 Å². The maximum Gasteiger partial charge on any atom is 0.356 e. The molecular weight excluding hydrogens is 297 g/mol. The molecule has 0 fully saturated rings. The van der Waals surface area contributed by atoms with E-state index in [0.717, 1.165) is 0 Å². The van der Waals surface area contributed by atoms with Gasteiger partial charge in [0, 0.05) is 5.56 Å². The highest BCUT2D eigenvalue weighted by Crippen LogP contribution is 2.10. The number of rotatable bonds is 2. The number of esters is 1.